The number of amides is 1. The normalized spacial score (nSPS) is 24.4. The summed E-state index contributed by atoms with van der Waals surface area (Å²) in [5, 5.41) is 2.90. The maximum atomic E-state index is 12.6. The molecule has 1 fully saturated rings. The van der Waals surface area contributed by atoms with E-state index in [9.17, 15) is 9.18 Å². The van der Waals surface area contributed by atoms with Gasteiger partial charge in [-0.25, -0.2) is 4.98 Å². The van der Waals surface area contributed by atoms with Crippen LogP contribution in [0, 0.1) is 5.95 Å². The van der Waals surface area contributed by atoms with E-state index in [1.54, 1.807) is 0 Å². The van der Waals surface area contributed by atoms with Gasteiger partial charge >= 0.3 is 0 Å². The minimum absolute atomic E-state index is 0.245. The first-order valence-corrected chi connectivity index (χ1v) is 5.61. The highest BCUT2D eigenvalue weighted by atomic mass is 19.1. The van der Waals surface area contributed by atoms with Crippen molar-refractivity contribution in [3.05, 3.63) is 29.8 Å². The third-order valence-electron chi connectivity index (χ3n) is 2.84. The van der Waals surface area contributed by atoms with E-state index >= 15 is 0 Å². The fourth-order valence-corrected chi connectivity index (χ4v) is 1.89. The molecule has 1 atom stereocenters. The van der Waals surface area contributed by atoms with Crippen molar-refractivity contribution < 1.29 is 13.9 Å². The fourth-order valence-electron chi connectivity index (χ4n) is 1.89. The monoisotopic (exact) mass is 238 g/mol. The Kier molecular flexibility index (Phi) is 3.38. The summed E-state index contributed by atoms with van der Waals surface area (Å²) in [6.07, 6.45) is 3.05. The lowest BCUT2D eigenvalue weighted by Gasteiger charge is -2.34. The summed E-state index contributed by atoms with van der Waals surface area (Å²) in [5.41, 5.74) is 0.0159. The van der Waals surface area contributed by atoms with Crippen LogP contribution in [0.5, 0.6) is 0 Å². The number of ether oxygens (including phenoxy) is 1. The Hall–Kier alpha value is -1.49. The molecule has 1 unspecified atom stereocenters. The molecule has 92 valence electrons. The second-order valence-electron chi connectivity index (χ2n) is 4.54. The second kappa shape index (κ2) is 4.79. The van der Waals surface area contributed by atoms with E-state index in [4.69, 9.17) is 4.74 Å². The average molecular weight is 238 g/mol. The van der Waals surface area contributed by atoms with Gasteiger partial charge in [0.2, 0.25) is 5.95 Å². The molecule has 1 aromatic heterocycles. The number of hydrogen-bond acceptors (Lipinski definition) is 3. The molecular weight excluding hydrogens is 223 g/mol. The van der Waals surface area contributed by atoms with Crippen molar-refractivity contribution in [2.75, 3.05) is 13.2 Å². The SMILES string of the molecule is CC1(NC(=O)c2ccc(F)nc2)CCCOC1. The van der Waals surface area contributed by atoms with E-state index in [1.165, 1.54) is 18.3 Å². The van der Waals surface area contributed by atoms with E-state index in [-0.39, 0.29) is 11.4 Å². The zero-order valence-corrected chi connectivity index (χ0v) is 9.70. The number of halogens is 1. The van der Waals surface area contributed by atoms with Crippen LogP contribution in [-0.4, -0.2) is 29.6 Å². The van der Waals surface area contributed by atoms with Gasteiger partial charge in [0.15, 0.2) is 0 Å². The largest absolute Gasteiger partial charge is 0.379 e. The lowest BCUT2D eigenvalue weighted by atomic mass is 9.94. The number of nitrogens with one attached hydrogen (secondary N) is 1. The average Bonchev–Trinajstić information content (AvgIpc) is 2.30. The van der Waals surface area contributed by atoms with Gasteiger partial charge in [-0.15, -0.1) is 0 Å². The van der Waals surface area contributed by atoms with E-state index in [1.807, 2.05) is 6.92 Å². The summed E-state index contributed by atoms with van der Waals surface area (Å²) >= 11 is 0. The summed E-state index contributed by atoms with van der Waals surface area (Å²) in [7, 11) is 0. The summed E-state index contributed by atoms with van der Waals surface area (Å²) < 4.78 is 18.0. The first-order chi connectivity index (χ1) is 8.09. The maximum Gasteiger partial charge on any atom is 0.253 e. The number of nitrogens with zero attached hydrogens (tertiary/aromatic N) is 1. The highest BCUT2D eigenvalue weighted by molar-refractivity contribution is 5.94. The minimum atomic E-state index is -0.589. The molecule has 0 spiro atoms. The summed E-state index contributed by atoms with van der Waals surface area (Å²) in [5.74, 6) is -0.834. The van der Waals surface area contributed by atoms with Gasteiger partial charge in [0.1, 0.15) is 0 Å². The lowest BCUT2D eigenvalue weighted by Crippen LogP contribution is -2.51. The molecule has 1 aliphatic rings. The fraction of sp³-hybridized carbons (Fsp3) is 0.500. The van der Waals surface area contributed by atoms with Crippen molar-refractivity contribution in [3.63, 3.8) is 0 Å². The van der Waals surface area contributed by atoms with Gasteiger partial charge < -0.3 is 10.1 Å². The Morgan fingerprint density at radius 2 is 2.41 bits per heavy atom. The highest BCUT2D eigenvalue weighted by Gasteiger charge is 2.29. The Balaban J connectivity index is 2.03. The Labute approximate surface area is 99.2 Å². The number of aromatic nitrogens is 1. The third kappa shape index (κ3) is 3.00. The number of rotatable bonds is 2. The van der Waals surface area contributed by atoms with Crippen LogP contribution in [0.3, 0.4) is 0 Å². The van der Waals surface area contributed by atoms with Gasteiger partial charge in [-0.3, -0.25) is 4.79 Å². The standard InChI is InChI=1S/C12H15FN2O2/c1-12(5-2-6-17-8-12)15-11(16)9-3-4-10(13)14-7-9/h3-4,7H,2,5-6,8H2,1H3,(H,15,16). The van der Waals surface area contributed by atoms with Crippen molar-refractivity contribution in [1.82, 2.24) is 10.3 Å². The van der Waals surface area contributed by atoms with Gasteiger partial charge in [0.25, 0.3) is 5.91 Å². The molecule has 4 nitrogen and oxygen atoms in total. The van der Waals surface area contributed by atoms with E-state index in [0.29, 0.717) is 12.2 Å². The zero-order chi connectivity index (χ0) is 12.3. The molecule has 1 saturated heterocycles. The summed E-state index contributed by atoms with van der Waals surface area (Å²) in [4.78, 5) is 15.4. The van der Waals surface area contributed by atoms with Gasteiger partial charge in [-0.1, -0.05) is 0 Å². The molecular formula is C12H15FN2O2. The van der Waals surface area contributed by atoms with E-state index in [0.717, 1.165) is 19.4 Å². The van der Waals surface area contributed by atoms with Gasteiger partial charge in [-0.05, 0) is 31.9 Å². The van der Waals surface area contributed by atoms with Crippen LogP contribution >= 0.6 is 0 Å². The zero-order valence-electron chi connectivity index (χ0n) is 9.70. The van der Waals surface area contributed by atoms with Crippen LogP contribution in [0.15, 0.2) is 18.3 Å². The van der Waals surface area contributed by atoms with E-state index in [2.05, 4.69) is 10.3 Å². The molecule has 1 aliphatic heterocycles. The minimum Gasteiger partial charge on any atom is -0.379 e. The summed E-state index contributed by atoms with van der Waals surface area (Å²) in [6.45, 7) is 3.19. The topological polar surface area (TPSA) is 51.2 Å². The van der Waals surface area contributed by atoms with Crippen LogP contribution in [0.2, 0.25) is 0 Å². The van der Waals surface area contributed by atoms with Crippen LogP contribution in [0.4, 0.5) is 4.39 Å². The first kappa shape index (κ1) is 12.0. The lowest BCUT2D eigenvalue weighted by molar-refractivity contribution is 0.0272. The van der Waals surface area contributed by atoms with Gasteiger partial charge in [0.05, 0.1) is 17.7 Å². The van der Waals surface area contributed by atoms with Crippen molar-refractivity contribution in [1.29, 1.82) is 0 Å². The molecule has 0 aromatic carbocycles. The quantitative estimate of drug-likeness (QED) is 0.795. The van der Waals surface area contributed by atoms with Gasteiger partial charge in [0, 0.05) is 12.8 Å². The molecule has 0 bridgehead atoms. The molecule has 0 radical (unpaired) electrons. The molecule has 2 heterocycles. The molecule has 17 heavy (non-hydrogen) atoms. The Morgan fingerprint density at radius 3 is 3.00 bits per heavy atom. The van der Waals surface area contributed by atoms with Crippen LogP contribution < -0.4 is 5.32 Å². The molecule has 1 N–H and O–H groups in total. The third-order valence-corrected chi connectivity index (χ3v) is 2.84. The highest BCUT2D eigenvalue weighted by Crippen LogP contribution is 2.18. The predicted molar refractivity (Wildman–Crippen MR) is 60.1 cm³/mol. The maximum absolute atomic E-state index is 12.6. The van der Waals surface area contributed by atoms with Crippen LogP contribution in [0.1, 0.15) is 30.1 Å². The molecule has 0 aliphatic carbocycles. The molecule has 1 aromatic rings. The molecule has 5 heteroatoms. The summed E-state index contributed by atoms with van der Waals surface area (Å²) in [6, 6.07) is 2.60. The van der Waals surface area contributed by atoms with Crippen LogP contribution in [-0.2, 0) is 4.74 Å². The first-order valence-electron chi connectivity index (χ1n) is 5.61. The van der Waals surface area contributed by atoms with Crippen molar-refractivity contribution in [2.45, 2.75) is 25.3 Å². The van der Waals surface area contributed by atoms with E-state index < -0.39 is 5.95 Å². The Bertz CT molecular complexity index is 399. The van der Waals surface area contributed by atoms with Crippen molar-refractivity contribution in [2.24, 2.45) is 0 Å². The van der Waals surface area contributed by atoms with Crippen molar-refractivity contribution in [3.8, 4) is 0 Å². The predicted octanol–water partition coefficient (Wildman–Crippen LogP) is 1.52. The molecule has 1 amide bonds. The number of hydrogen-bond donors (Lipinski definition) is 1. The second-order valence-corrected chi connectivity index (χ2v) is 4.54. The van der Waals surface area contributed by atoms with Crippen LogP contribution in [0.25, 0.3) is 0 Å². The molecule has 2 rings (SSSR count). The number of carbonyl (C=O) groups excluding carboxylic acids is 1. The smallest absolute Gasteiger partial charge is 0.253 e. The molecule has 0 saturated carbocycles. The van der Waals surface area contributed by atoms with Crippen molar-refractivity contribution >= 4 is 5.91 Å². The number of carbonyl (C=O) groups is 1. The number of pyridine rings is 1. The van der Waals surface area contributed by atoms with Gasteiger partial charge in [-0.2, -0.15) is 4.39 Å². The Morgan fingerprint density at radius 1 is 1.59 bits per heavy atom.